The maximum atomic E-state index is 11.1. The molecule has 120 valence electrons. The highest BCUT2D eigenvalue weighted by Crippen LogP contribution is 2.34. The zero-order valence-corrected chi connectivity index (χ0v) is 13.3. The van der Waals surface area contributed by atoms with E-state index in [0.29, 0.717) is 0 Å². The number of para-hydroxylation sites is 1. The lowest BCUT2D eigenvalue weighted by Gasteiger charge is -2.11. The number of nitrogens with zero attached hydrogens (tertiary/aromatic N) is 2. The highest BCUT2D eigenvalue weighted by atomic mass is 16.6. The average Bonchev–Trinajstić information content (AvgIpc) is 2.67. The number of fused-ring (bicyclic) bond motifs is 1. The Morgan fingerprint density at radius 1 is 0.760 bits per heavy atom. The third-order valence-electron chi connectivity index (χ3n) is 4.14. The highest BCUT2D eigenvalue weighted by Gasteiger charge is 2.14. The molecule has 1 heterocycles. The smallest absolute Gasteiger partial charge is 0.258 e. The summed E-state index contributed by atoms with van der Waals surface area (Å²) < 4.78 is 0. The van der Waals surface area contributed by atoms with Gasteiger partial charge in [-0.05, 0) is 17.7 Å². The van der Waals surface area contributed by atoms with Gasteiger partial charge >= 0.3 is 0 Å². The van der Waals surface area contributed by atoms with Crippen LogP contribution in [0.5, 0.6) is 0 Å². The monoisotopic (exact) mass is 326 g/mol. The first-order chi connectivity index (χ1) is 12.2. The third-order valence-corrected chi connectivity index (χ3v) is 4.14. The first-order valence-corrected chi connectivity index (χ1v) is 7.92. The van der Waals surface area contributed by atoms with Gasteiger partial charge in [-0.15, -0.1) is 0 Å². The van der Waals surface area contributed by atoms with Crippen molar-refractivity contribution in [3.63, 3.8) is 0 Å². The van der Waals surface area contributed by atoms with E-state index in [2.05, 4.69) is 0 Å². The van der Waals surface area contributed by atoms with Crippen molar-refractivity contribution in [2.24, 2.45) is 0 Å². The van der Waals surface area contributed by atoms with Gasteiger partial charge in [0.05, 0.1) is 16.1 Å². The molecule has 0 saturated carbocycles. The van der Waals surface area contributed by atoms with Crippen LogP contribution < -0.4 is 0 Å². The Morgan fingerprint density at radius 2 is 1.48 bits per heavy atom. The molecule has 3 aromatic carbocycles. The van der Waals surface area contributed by atoms with E-state index in [0.717, 1.165) is 33.3 Å². The van der Waals surface area contributed by atoms with Crippen molar-refractivity contribution in [2.75, 3.05) is 0 Å². The van der Waals surface area contributed by atoms with Crippen molar-refractivity contribution in [2.45, 2.75) is 0 Å². The van der Waals surface area contributed by atoms with Gasteiger partial charge in [-0.1, -0.05) is 60.7 Å². The summed E-state index contributed by atoms with van der Waals surface area (Å²) in [5, 5.41) is 12.1. The molecule has 0 aliphatic carbocycles. The molecule has 4 aromatic rings. The highest BCUT2D eigenvalue weighted by molar-refractivity contribution is 5.91. The molecule has 0 spiro atoms. The Hall–Kier alpha value is -3.53. The van der Waals surface area contributed by atoms with Crippen molar-refractivity contribution in [1.82, 2.24) is 4.98 Å². The molecule has 0 aliphatic rings. The molecule has 0 bridgehead atoms. The molecule has 0 atom stereocenters. The van der Waals surface area contributed by atoms with Gasteiger partial charge in [0.15, 0.2) is 0 Å². The SMILES string of the molecule is O=[N+]([O-])c1cccc(-c2cc3ccccc3nc2-c2ccccc2)c1. The zero-order valence-electron chi connectivity index (χ0n) is 13.3. The van der Waals surface area contributed by atoms with E-state index in [1.165, 1.54) is 6.07 Å². The first-order valence-electron chi connectivity index (χ1n) is 7.92. The van der Waals surface area contributed by atoms with Crippen molar-refractivity contribution in [1.29, 1.82) is 0 Å². The lowest BCUT2D eigenvalue weighted by molar-refractivity contribution is -0.384. The summed E-state index contributed by atoms with van der Waals surface area (Å²) in [7, 11) is 0. The molecular weight excluding hydrogens is 312 g/mol. The molecule has 0 N–H and O–H groups in total. The van der Waals surface area contributed by atoms with E-state index in [4.69, 9.17) is 4.98 Å². The van der Waals surface area contributed by atoms with Crippen LogP contribution in [0.4, 0.5) is 5.69 Å². The van der Waals surface area contributed by atoms with Crippen molar-refractivity contribution in [3.05, 3.63) is 95.0 Å². The summed E-state index contributed by atoms with van der Waals surface area (Å²) in [6, 6.07) is 26.5. The predicted octanol–water partition coefficient (Wildman–Crippen LogP) is 5.48. The van der Waals surface area contributed by atoms with Crippen LogP contribution >= 0.6 is 0 Å². The molecule has 0 aliphatic heterocycles. The first kappa shape index (κ1) is 15.0. The Balaban J connectivity index is 2.01. The summed E-state index contributed by atoms with van der Waals surface area (Å²) in [4.78, 5) is 15.6. The molecule has 0 saturated heterocycles. The fourth-order valence-corrected chi connectivity index (χ4v) is 2.94. The van der Waals surface area contributed by atoms with E-state index >= 15 is 0 Å². The van der Waals surface area contributed by atoms with Gasteiger partial charge in [0.25, 0.3) is 5.69 Å². The second kappa shape index (κ2) is 6.17. The van der Waals surface area contributed by atoms with E-state index < -0.39 is 0 Å². The lowest BCUT2D eigenvalue weighted by atomic mass is 9.97. The average molecular weight is 326 g/mol. The van der Waals surface area contributed by atoms with Gasteiger partial charge in [-0.25, -0.2) is 4.98 Å². The molecule has 25 heavy (non-hydrogen) atoms. The van der Waals surface area contributed by atoms with Gasteiger partial charge < -0.3 is 0 Å². The maximum absolute atomic E-state index is 11.1. The summed E-state index contributed by atoms with van der Waals surface area (Å²) in [5.41, 5.74) is 4.44. The van der Waals surface area contributed by atoms with E-state index in [1.54, 1.807) is 12.1 Å². The molecule has 0 radical (unpaired) electrons. The van der Waals surface area contributed by atoms with Crippen LogP contribution in [0.2, 0.25) is 0 Å². The Labute approximate surface area is 144 Å². The van der Waals surface area contributed by atoms with Crippen molar-refractivity contribution < 1.29 is 4.92 Å². The number of pyridine rings is 1. The number of rotatable bonds is 3. The fourth-order valence-electron chi connectivity index (χ4n) is 2.94. The Morgan fingerprint density at radius 3 is 2.28 bits per heavy atom. The molecule has 0 fully saturated rings. The van der Waals surface area contributed by atoms with Crippen LogP contribution in [-0.2, 0) is 0 Å². The molecule has 0 unspecified atom stereocenters. The van der Waals surface area contributed by atoms with Gasteiger partial charge in [-0.3, -0.25) is 10.1 Å². The van der Waals surface area contributed by atoms with E-state index in [9.17, 15) is 10.1 Å². The number of non-ortho nitro benzene ring substituents is 1. The van der Waals surface area contributed by atoms with Crippen LogP contribution in [0, 0.1) is 10.1 Å². The van der Waals surface area contributed by atoms with Gasteiger partial charge in [0, 0.05) is 28.6 Å². The largest absolute Gasteiger partial charge is 0.270 e. The number of nitro groups is 1. The topological polar surface area (TPSA) is 56.0 Å². The Kier molecular flexibility index (Phi) is 3.71. The number of hydrogen-bond donors (Lipinski definition) is 0. The number of hydrogen-bond acceptors (Lipinski definition) is 3. The van der Waals surface area contributed by atoms with Gasteiger partial charge in [0.2, 0.25) is 0 Å². The van der Waals surface area contributed by atoms with Crippen LogP contribution in [0.15, 0.2) is 84.9 Å². The minimum absolute atomic E-state index is 0.0738. The molecule has 4 heteroatoms. The maximum Gasteiger partial charge on any atom is 0.270 e. The van der Waals surface area contributed by atoms with Crippen molar-refractivity contribution in [3.8, 4) is 22.4 Å². The summed E-state index contributed by atoms with van der Waals surface area (Å²) in [5.74, 6) is 0. The molecular formula is C21H14N2O2. The summed E-state index contributed by atoms with van der Waals surface area (Å²) in [6.45, 7) is 0. The minimum atomic E-state index is -0.375. The van der Waals surface area contributed by atoms with E-state index in [-0.39, 0.29) is 10.6 Å². The number of nitro benzene ring substituents is 1. The molecule has 0 amide bonds. The van der Waals surface area contributed by atoms with E-state index in [1.807, 2.05) is 66.7 Å². The third kappa shape index (κ3) is 2.85. The van der Waals surface area contributed by atoms with Gasteiger partial charge in [0.1, 0.15) is 0 Å². The Bertz CT molecular complexity index is 1080. The van der Waals surface area contributed by atoms with Crippen LogP contribution in [0.1, 0.15) is 0 Å². The zero-order chi connectivity index (χ0) is 17.2. The summed E-state index contributed by atoms with van der Waals surface area (Å²) in [6.07, 6.45) is 0. The molecule has 4 rings (SSSR count). The van der Waals surface area contributed by atoms with Crippen LogP contribution in [-0.4, -0.2) is 9.91 Å². The quantitative estimate of drug-likeness (QED) is 0.370. The van der Waals surface area contributed by atoms with Crippen LogP contribution in [0.25, 0.3) is 33.3 Å². The standard InChI is InChI=1S/C21H14N2O2/c24-23(25)18-11-6-10-16(13-18)19-14-17-9-4-5-12-20(17)22-21(19)15-7-2-1-3-8-15/h1-14H. The normalized spacial score (nSPS) is 10.7. The minimum Gasteiger partial charge on any atom is -0.258 e. The number of aromatic nitrogens is 1. The van der Waals surface area contributed by atoms with Crippen molar-refractivity contribution >= 4 is 16.6 Å². The second-order valence-corrected chi connectivity index (χ2v) is 5.75. The lowest BCUT2D eigenvalue weighted by Crippen LogP contribution is -1.93. The van der Waals surface area contributed by atoms with Crippen LogP contribution in [0.3, 0.4) is 0 Å². The molecule has 1 aromatic heterocycles. The predicted molar refractivity (Wildman–Crippen MR) is 99.3 cm³/mol. The van der Waals surface area contributed by atoms with Gasteiger partial charge in [-0.2, -0.15) is 0 Å². The second-order valence-electron chi connectivity index (χ2n) is 5.75. The summed E-state index contributed by atoms with van der Waals surface area (Å²) >= 11 is 0. The molecule has 4 nitrogen and oxygen atoms in total. The number of benzene rings is 3. The fraction of sp³-hybridized carbons (Fsp3) is 0.